The number of rotatable bonds is 7. The molecule has 0 saturated heterocycles. The van der Waals surface area contributed by atoms with Crippen molar-refractivity contribution in [2.75, 3.05) is 25.3 Å². The Balaban J connectivity index is 1.92. The number of hydrogen-bond donors (Lipinski definition) is 2. The molecule has 10 heteroatoms. The van der Waals surface area contributed by atoms with Gasteiger partial charge in [-0.3, -0.25) is 14.4 Å². The number of thioether (sulfide) groups is 1. The molecule has 2 aromatic carbocycles. The van der Waals surface area contributed by atoms with Gasteiger partial charge in [-0.25, -0.2) is 4.79 Å². The minimum Gasteiger partial charge on any atom is -0.468 e. The van der Waals surface area contributed by atoms with E-state index >= 15 is 0 Å². The van der Waals surface area contributed by atoms with E-state index in [1.165, 1.54) is 19.2 Å². The van der Waals surface area contributed by atoms with Crippen LogP contribution in [-0.4, -0.2) is 43.7 Å². The highest BCUT2D eigenvalue weighted by atomic mass is 32.2. The molecule has 0 spiro atoms. The number of methoxy groups -OCH3 is 2. The van der Waals surface area contributed by atoms with Gasteiger partial charge in [-0.05, 0) is 49.6 Å². The molecule has 2 N–H and O–H groups in total. The summed E-state index contributed by atoms with van der Waals surface area (Å²) < 4.78 is 9.55. The van der Waals surface area contributed by atoms with Gasteiger partial charge >= 0.3 is 11.9 Å². The van der Waals surface area contributed by atoms with E-state index in [4.69, 9.17) is 9.47 Å². The van der Waals surface area contributed by atoms with Gasteiger partial charge in [0.1, 0.15) is 5.92 Å². The molecule has 9 nitrogen and oxygen atoms in total. The van der Waals surface area contributed by atoms with Gasteiger partial charge in [0.25, 0.3) is 0 Å². The maximum Gasteiger partial charge on any atom is 0.337 e. The summed E-state index contributed by atoms with van der Waals surface area (Å²) in [4.78, 5) is 50.1. The summed E-state index contributed by atoms with van der Waals surface area (Å²) in [5.41, 5.74) is 4.50. The molecule has 0 aliphatic carbocycles. The highest BCUT2D eigenvalue weighted by Crippen LogP contribution is 2.40. The number of carbonyl (C=O) groups excluding carboxylic acids is 4. The Hall–Kier alpha value is -4.10. The predicted octanol–water partition coefficient (Wildman–Crippen LogP) is 3.51. The minimum absolute atomic E-state index is 0.0789. The second-order valence-corrected chi connectivity index (χ2v) is 9.53. The number of ether oxygens (including phenoxy) is 2. The average molecular weight is 522 g/mol. The first-order valence-corrected chi connectivity index (χ1v) is 12.3. The zero-order valence-corrected chi connectivity index (χ0v) is 21.9. The van der Waals surface area contributed by atoms with Gasteiger partial charge in [-0.15, -0.1) is 0 Å². The zero-order chi connectivity index (χ0) is 27.3. The standard InChI is InChI=1S/C27H27N3O6S/c1-14-10-15(2)23(16(3)11-14)29-20(31)13-37-25-19(12-28)21(22(24(32)30-25)27(34)36-5)17-6-8-18(9-7-17)26(33)35-4/h6-11,21-22H,13H2,1-5H3,(H,29,31)(H,30,32)/t21-,22-/m0/s1. The maximum atomic E-state index is 13.0. The van der Waals surface area contributed by atoms with Crippen LogP contribution >= 0.6 is 11.8 Å². The number of carbonyl (C=O) groups is 4. The van der Waals surface area contributed by atoms with Crippen molar-refractivity contribution in [1.29, 1.82) is 5.26 Å². The molecule has 1 heterocycles. The van der Waals surface area contributed by atoms with Gasteiger partial charge in [0.05, 0.1) is 42.2 Å². The van der Waals surface area contributed by atoms with Crippen LogP contribution in [0.3, 0.4) is 0 Å². The van der Waals surface area contributed by atoms with E-state index in [1.54, 1.807) is 12.1 Å². The predicted molar refractivity (Wildman–Crippen MR) is 139 cm³/mol. The van der Waals surface area contributed by atoms with Crippen LogP contribution in [-0.2, 0) is 23.9 Å². The second kappa shape index (κ2) is 11.8. The van der Waals surface area contributed by atoms with Gasteiger partial charge in [0.2, 0.25) is 11.8 Å². The Morgan fingerprint density at radius 3 is 2.22 bits per heavy atom. The lowest BCUT2D eigenvalue weighted by Crippen LogP contribution is -2.44. The van der Waals surface area contributed by atoms with E-state index in [-0.39, 0.29) is 27.8 Å². The third-order valence-electron chi connectivity index (χ3n) is 5.96. The number of benzene rings is 2. The van der Waals surface area contributed by atoms with Crippen LogP contribution in [0.25, 0.3) is 0 Å². The SMILES string of the molecule is COC(=O)c1ccc([C@H]2C(C#N)=C(SCC(=O)Nc3c(C)cc(C)cc3C)NC(=O)[C@H]2C(=O)OC)cc1. The molecule has 0 fully saturated rings. The molecule has 0 radical (unpaired) electrons. The number of amides is 2. The number of nitrogens with zero attached hydrogens (tertiary/aromatic N) is 1. The lowest BCUT2D eigenvalue weighted by atomic mass is 9.78. The van der Waals surface area contributed by atoms with Crippen LogP contribution in [0.1, 0.15) is 38.5 Å². The first kappa shape index (κ1) is 27.5. The topological polar surface area (TPSA) is 135 Å². The van der Waals surface area contributed by atoms with Gasteiger partial charge in [0, 0.05) is 11.6 Å². The van der Waals surface area contributed by atoms with Crippen LogP contribution in [0.4, 0.5) is 5.69 Å². The summed E-state index contributed by atoms with van der Waals surface area (Å²) in [7, 11) is 2.42. The molecule has 37 heavy (non-hydrogen) atoms. The van der Waals surface area contributed by atoms with Gasteiger partial charge in [-0.2, -0.15) is 5.26 Å². The van der Waals surface area contributed by atoms with Crippen LogP contribution in [0.15, 0.2) is 47.0 Å². The molecule has 0 saturated carbocycles. The molecule has 3 rings (SSSR count). The van der Waals surface area contributed by atoms with Crippen molar-refractivity contribution in [3.8, 4) is 6.07 Å². The lowest BCUT2D eigenvalue weighted by Gasteiger charge is -2.31. The van der Waals surface area contributed by atoms with Crippen molar-refractivity contribution in [3.63, 3.8) is 0 Å². The molecule has 1 aliphatic heterocycles. The Kier molecular flexibility index (Phi) is 8.73. The minimum atomic E-state index is -1.32. The van der Waals surface area contributed by atoms with Crippen LogP contribution < -0.4 is 10.6 Å². The normalized spacial score (nSPS) is 16.9. The number of aryl methyl sites for hydroxylation is 3. The summed E-state index contributed by atoms with van der Waals surface area (Å²) in [6, 6.07) is 12.1. The number of nitriles is 1. The smallest absolute Gasteiger partial charge is 0.337 e. The Morgan fingerprint density at radius 1 is 1.05 bits per heavy atom. The van der Waals surface area contributed by atoms with Crippen molar-refractivity contribution >= 4 is 41.2 Å². The quantitative estimate of drug-likeness (QED) is 0.418. The molecule has 0 aromatic heterocycles. The van der Waals surface area contributed by atoms with Crippen molar-refractivity contribution < 1.29 is 28.7 Å². The van der Waals surface area contributed by atoms with Crippen LogP contribution in [0.2, 0.25) is 0 Å². The van der Waals surface area contributed by atoms with E-state index in [2.05, 4.69) is 16.7 Å². The fraction of sp³-hybridized carbons (Fsp3) is 0.296. The largest absolute Gasteiger partial charge is 0.468 e. The van der Waals surface area contributed by atoms with E-state index in [0.717, 1.165) is 35.6 Å². The number of nitrogens with one attached hydrogen (secondary N) is 2. The average Bonchev–Trinajstić information content (AvgIpc) is 2.88. The van der Waals surface area contributed by atoms with Gasteiger partial charge in [-0.1, -0.05) is 41.6 Å². The van der Waals surface area contributed by atoms with E-state index < -0.39 is 29.7 Å². The summed E-state index contributed by atoms with van der Waals surface area (Å²) in [5.74, 6) is -4.68. The molecule has 2 amide bonds. The van der Waals surface area contributed by atoms with E-state index in [0.29, 0.717) is 11.3 Å². The fourth-order valence-electron chi connectivity index (χ4n) is 4.31. The van der Waals surface area contributed by atoms with Crippen molar-refractivity contribution in [2.45, 2.75) is 26.7 Å². The summed E-state index contributed by atoms with van der Waals surface area (Å²) >= 11 is 0.994. The molecule has 2 aromatic rings. The van der Waals surface area contributed by atoms with Crippen molar-refractivity contribution in [2.24, 2.45) is 5.92 Å². The Morgan fingerprint density at radius 2 is 1.68 bits per heavy atom. The molecule has 1 aliphatic rings. The van der Waals surface area contributed by atoms with Crippen LogP contribution in [0.5, 0.6) is 0 Å². The monoisotopic (exact) mass is 521 g/mol. The Bertz CT molecular complexity index is 1300. The third kappa shape index (κ3) is 6.01. The highest BCUT2D eigenvalue weighted by molar-refractivity contribution is 8.03. The number of anilines is 1. The zero-order valence-electron chi connectivity index (χ0n) is 21.1. The summed E-state index contributed by atoms with van der Waals surface area (Å²) in [5, 5.41) is 15.7. The van der Waals surface area contributed by atoms with E-state index in [1.807, 2.05) is 32.9 Å². The van der Waals surface area contributed by atoms with Gasteiger partial charge in [0.15, 0.2) is 0 Å². The maximum absolute atomic E-state index is 13.0. The molecular weight excluding hydrogens is 494 g/mol. The first-order chi connectivity index (χ1) is 17.6. The molecule has 0 bridgehead atoms. The fourth-order valence-corrected chi connectivity index (χ4v) is 5.16. The summed E-state index contributed by atoms with van der Waals surface area (Å²) in [6.07, 6.45) is 0. The number of allylic oxidation sites excluding steroid dienone is 1. The number of hydrogen-bond acceptors (Lipinski definition) is 8. The van der Waals surface area contributed by atoms with Crippen molar-refractivity contribution in [3.05, 3.63) is 74.8 Å². The lowest BCUT2D eigenvalue weighted by molar-refractivity contribution is -0.150. The number of esters is 2. The molecule has 192 valence electrons. The first-order valence-electron chi connectivity index (χ1n) is 11.3. The Labute approximate surface area is 219 Å². The van der Waals surface area contributed by atoms with Crippen LogP contribution in [0, 0.1) is 38.0 Å². The third-order valence-corrected chi connectivity index (χ3v) is 6.98. The molecule has 0 unspecified atom stereocenters. The van der Waals surface area contributed by atoms with E-state index in [9.17, 15) is 24.4 Å². The highest BCUT2D eigenvalue weighted by Gasteiger charge is 2.44. The van der Waals surface area contributed by atoms with Gasteiger partial charge < -0.3 is 20.1 Å². The molecular formula is C27H27N3O6S. The van der Waals surface area contributed by atoms with Crippen molar-refractivity contribution in [1.82, 2.24) is 5.32 Å². The summed E-state index contributed by atoms with van der Waals surface area (Å²) in [6.45, 7) is 5.79. The molecule has 2 atom stereocenters. The second-order valence-electron chi connectivity index (χ2n) is 8.55.